The predicted octanol–water partition coefficient (Wildman–Crippen LogP) is 1.62. The van der Waals surface area contributed by atoms with Crippen LogP contribution in [0.25, 0.3) is 0 Å². The highest BCUT2D eigenvalue weighted by Gasteiger charge is 2.22. The lowest BCUT2D eigenvalue weighted by Gasteiger charge is -2.22. The second kappa shape index (κ2) is 9.23. The summed E-state index contributed by atoms with van der Waals surface area (Å²) in [6.45, 7) is 3.94. The van der Waals surface area contributed by atoms with Gasteiger partial charge in [0.05, 0.1) is 13.2 Å². The summed E-state index contributed by atoms with van der Waals surface area (Å²) in [7, 11) is 0. The summed E-state index contributed by atoms with van der Waals surface area (Å²) < 4.78 is 5.26. The SMILES string of the molecule is CCCCCc1nnc(NC(=O)C2COCCN2)s1.Cl. The van der Waals surface area contributed by atoms with E-state index in [1.807, 2.05) is 0 Å². The highest BCUT2D eigenvalue weighted by molar-refractivity contribution is 7.15. The molecule has 2 N–H and O–H groups in total. The van der Waals surface area contributed by atoms with Gasteiger partial charge in [-0.25, -0.2) is 0 Å². The summed E-state index contributed by atoms with van der Waals surface area (Å²) in [4.78, 5) is 11.9. The molecule has 1 aliphatic heterocycles. The van der Waals surface area contributed by atoms with Crippen LogP contribution in [0.5, 0.6) is 0 Å². The van der Waals surface area contributed by atoms with Crippen LogP contribution < -0.4 is 10.6 Å². The Morgan fingerprint density at radius 2 is 2.35 bits per heavy atom. The molecule has 1 aliphatic rings. The third-order valence-electron chi connectivity index (χ3n) is 2.93. The Bertz CT molecular complexity index is 410. The van der Waals surface area contributed by atoms with Crippen molar-refractivity contribution >= 4 is 34.8 Å². The largest absolute Gasteiger partial charge is 0.378 e. The zero-order valence-corrected chi connectivity index (χ0v) is 13.2. The maximum Gasteiger partial charge on any atom is 0.245 e. The third-order valence-corrected chi connectivity index (χ3v) is 3.83. The molecular formula is C12H21ClN4O2S. The van der Waals surface area contributed by atoms with Crippen molar-refractivity contribution in [3.8, 4) is 0 Å². The topological polar surface area (TPSA) is 76.1 Å². The van der Waals surface area contributed by atoms with Crippen molar-refractivity contribution in [2.45, 2.75) is 38.6 Å². The minimum atomic E-state index is -0.291. The molecule has 2 heterocycles. The van der Waals surface area contributed by atoms with E-state index in [1.54, 1.807) is 0 Å². The molecule has 114 valence electrons. The van der Waals surface area contributed by atoms with Gasteiger partial charge in [-0.05, 0) is 6.42 Å². The van der Waals surface area contributed by atoms with Gasteiger partial charge in [-0.15, -0.1) is 22.6 Å². The lowest BCUT2D eigenvalue weighted by atomic mass is 10.2. The maximum absolute atomic E-state index is 11.9. The van der Waals surface area contributed by atoms with Crippen molar-refractivity contribution in [1.82, 2.24) is 15.5 Å². The van der Waals surface area contributed by atoms with Crippen LogP contribution in [0.3, 0.4) is 0 Å². The van der Waals surface area contributed by atoms with Crippen LogP contribution in [0.2, 0.25) is 0 Å². The molecule has 1 fully saturated rings. The molecule has 0 aromatic carbocycles. The van der Waals surface area contributed by atoms with E-state index in [0.29, 0.717) is 24.9 Å². The molecule has 1 unspecified atom stereocenters. The lowest BCUT2D eigenvalue weighted by molar-refractivity contribution is -0.120. The monoisotopic (exact) mass is 320 g/mol. The fraction of sp³-hybridized carbons (Fsp3) is 0.750. The van der Waals surface area contributed by atoms with Gasteiger partial charge >= 0.3 is 0 Å². The van der Waals surface area contributed by atoms with E-state index < -0.39 is 0 Å². The standard InChI is InChI=1S/C12H20N4O2S.ClH/c1-2-3-4-5-10-15-16-12(19-10)14-11(17)9-8-18-7-6-13-9;/h9,13H,2-8H2,1H3,(H,14,16,17);1H. The molecule has 1 saturated heterocycles. The summed E-state index contributed by atoms with van der Waals surface area (Å²) >= 11 is 1.45. The highest BCUT2D eigenvalue weighted by Crippen LogP contribution is 2.17. The predicted molar refractivity (Wildman–Crippen MR) is 81.6 cm³/mol. The molecule has 0 spiro atoms. The van der Waals surface area contributed by atoms with Crippen molar-refractivity contribution in [1.29, 1.82) is 0 Å². The van der Waals surface area contributed by atoms with Gasteiger partial charge in [-0.2, -0.15) is 0 Å². The molecule has 8 heteroatoms. The molecule has 20 heavy (non-hydrogen) atoms. The number of hydrogen-bond acceptors (Lipinski definition) is 6. The highest BCUT2D eigenvalue weighted by atomic mass is 35.5. The molecule has 1 aromatic rings. The van der Waals surface area contributed by atoms with Gasteiger partial charge in [-0.1, -0.05) is 31.1 Å². The second-order valence-electron chi connectivity index (χ2n) is 4.53. The Balaban J connectivity index is 0.00000200. The van der Waals surface area contributed by atoms with Gasteiger partial charge in [0.2, 0.25) is 11.0 Å². The Labute approximate surface area is 129 Å². The van der Waals surface area contributed by atoms with E-state index in [1.165, 1.54) is 24.2 Å². The minimum Gasteiger partial charge on any atom is -0.378 e. The molecule has 1 amide bonds. The number of anilines is 1. The van der Waals surface area contributed by atoms with Crippen LogP contribution in [0.1, 0.15) is 31.2 Å². The molecule has 0 bridgehead atoms. The molecule has 0 saturated carbocycles. The van der Waals surface area contributed by atoms with Gasteiger partial charge in [0.1, 0.15) is 11.0 Å². The zero-order chi connectivity index (χ0) is 13.5. The number of nitrogens with zero attached hydrogens (tertiary/aromatic N) is 2. The molecule has 1 aromatic heterocycles. The van der Waals surface area contributed by atoms with Crippen LogP contribution in [0, 0.1) is 0 Å². The normalized spacial score (nSPS) is 18.4. The average Bonchev–Trinajstić information content (AvgIpc) is 2.88. The first kappa shape index (κ1) is 17.3. The summed E-state index contributed by atoms with van der Waals surface area (Å²) in [5.74, 6) is -0.101. The van der Waals surface area contributed by atoms with Gasteiger partial charge in [0.25, 0.3) is 0 Å². The fourth-order valence-corrected chi connectivity index (χ4v) is 2.64. The molecule has 0 aliphatic carbocycles. The van der Waals surface area contributed by atoms with E-state index in [-0.39, 0.29) is 24.4 Å². The molecule has 6 nitrogen and oxygen atoms in total. The number of carbonyl (C=O) groups is 1. The number of hydrogen-bond donors (Lipinski definition) is 2. The van der Waals surface area contributed by atoms with Crippen LogP contribution >= 0.6 is 23.7 Å². The fourth-order valence-electron chi connectivity index (χ4n) is 1.86. The van der Waals surface area contributed by atoms with E-state index in [0.717, 1.165) is 17.8 Å². The number of nitrogens with one attached hydrogen (secondary N) is 2. The van der Waals surface area contributed by atoms with E-state index >= 15 is 0 Å². The number of ether oxygens (including phenoxy) is 1. The summed E-state index contributed by atoms with van der Waals surface area (Å²) in [6, 6.07) is -0.291. The smallest absolute Gasteiger partial charge is 0.245 e. The third kappa shape index (κ3) is 5.32. The number of unbranched alkanes of at least 4 members (excludes halogenated alkanes) is 2. The van der Waals surface area contributed by atoms with Crippen molar-refractivity contribution < 1.29 is 9.53 Å². The minimum absolute atomic E-state index is 0. The van der Waals surface area contributed by atoms with Crippen LogP contribution in [-0.2, 0) is 16.0 Å². The number of rotatable bonds is 6. The number of aromatic nitrogens is 2. The number of morpholine rings is 1. The van der Waals surface area contributed by atoms with E-state index in [2.05, 4.69) is 27.8 Å². The molecule has 1 atom stereocenters. The first-order chi connectivity index (χ1) is 9.29. The lowest BCUT2D eigenvalue weighted by Crippen LogP contribution is -2.48. The molecular weight excluding hydrogens is 300 g/mol. The van der Waals surface area contributed by atoms with Crippen molar-refractivity contribution in [3.63, 3.8) is 0 Å². The quantitative estimate of drug-likeness (QED) is 0.779. The van der Waals surface area contributed by atoms with E-state index in [9.17, 15) is 4.79 Å². The number of amides is 1. The number of carbonyl (C=O) groups excluding carboxylic acids is 1. The van der Waals surface area contributed by atoms with Crippen molar-refractivity contribution in [2.24, 2.45) is 0 Å². The van der Waals surface area contributed by atoms with Gasteiger partial charge in [-0.3, -0.25) is 10.1 Å². The van der Waals surface area contributed by atoms with Crippen LogP contribution in [-0.4, -0.2) is 41.9 Å². The summed E-state index contributed by atoms with van der Waals surface area (Å²) in [6.07, 6.45) is 4.45. The van der Waals surface area contributed by atoms with Crippen molar-refractivity contribution in [2.75, 3.05) is 25.1 Å². The maximum atomic E-state index is 11.9. The zero-order valence-electron chi connectivity index (χ0n) is 11.6. The van der Waals surface area contributed by atoms with Gasteiger partial charge in [0.15, 0.2) is 0 Å². The number of halogens is 1. The van der Waals surface area contributed by atoms with Crippen molar-refractivity contribution in [3.05, 3.63) is 5.01 Å². The average molecular weight is 321 g/mol. The molecule has 0 radical (unpaired) electrons. The Kier molecular flexibility index (Phi) is 7.98. The van der Waals surface area contributed by atoms with Crippen LogP contribution in [0.15, 0.2) is 0 Å². The van der Waals surface area contributed by atoms with Gasteiger partial charge < -0.3 is 10.1 Å². The Morgan fingerprint density at radius 3 is 3.05 bits per heavy atom. The summed E-state index contributed by atoms with van der Waals surface area (Å²) in [5.41, 5.74) is 0. The Morgan fingerprint density at radius 1 is 1.50 bits per heavy atom. The van der Waals surface area contributed by atoms with E-state index in [4.69, 9.17) is 4.74 Å². The number of aryl methyl sites for hydroxylation is 1. The Hall–Kier alpha value is -0.760. The molecule has 2 rings (SSSR count). The van der Waals surface area contributed by atoms with Gasteiger partial charge in [0, 0.05) is 13.0 Å². The first-order valence-electron chi connectivity index (χ1n) is 6.74. The van der Waals surface area contributed by atoms with Crippen LogP contribution in [0.4, 0.5) is 5.13 Å². The summed E-state index contributed by atoms with van der Waals surface area (Å²) in [5, 5.41) is 15.5. The first-order valence-corrected chi connectivity index (χ1v) is 7.55. The second-order valence-corrected chi connectivity index (χ2v) is 5.59.